The van der Waals surface area contributed by atoms with Crippen molar-refractivity contribution in [1.29, 1.82) is 0 Å². The average Bonchev–Trinajstić information content (AvgIpc) is 2.54. The van der Waals surface area contributed by atoms with Crippen molar-refractivity contribution in [3.63, 3.8) is 0 Å². The van der Waals surface area contributed by atoms with Crippen LogP contribution in [0.2, 0.25) is 0 Å². The lowest BCUT2D eigenvalue weighted by Crippen LogP contribution is -2.53. The molecule has 5 nitrogen and oxygen atoms in total. The summed E-state index contributed by atoms with van der Waals surface area (Å²) in [7, 11) is 0. The Bertz CT molecular complexity index is 618. The SMILES string of the molecule is O=C(NCCc1ccc([N+](=O)[O-])cc1)C12CC3CC(CC(C3)C1)C2. The van der Waals surface area contributed by atoms with Crippen molar-refractivity contribution in [2.45, 2.75) is 44.9 Å². The number of amides is 1. The van der Waals surface area contributed by atoms with Crippen LogP contribution in [-0.4, -0.2) is 17.4 Å². The summed E-state index contributed by atoms with van der Waals surface area (Å²) in [4.78, 5) is 23.1. The Morgan fingerprint density at radius 1 is 1.08 bits per heavy atom. The number of benzene rings is 1. The molecule has 128 valence electrons. The van der Waals surface area contributed by atoms with Crippen molar-refractivity contribution in [1.82, 2.24) is 5.32 Å². The molecule has 5 heteroatoms. The minimum Gasteiger partial charge on any atom is -0.355 e. The first kappa shape index (κ1) is 15.6. The largest absolute Gasteiger partial charge is 0.355 e. The Morgan fingerprint density at radius 2 is 1.62 bits per heavy atom. The lowest BCUT2D eigenvalue weighted by atomic mass is 9.49. The van der Waals surface area contributed by atoms with E-state index in [9.17, 15) is 14.9 Å². The van der Waals surface area contributed by atoms with Crippen molar-refractivity contribution in [2.75, 3.05) is 6.54 Å². The fourth-order valence-electron chi connectivity index (χ4n) is 5.68. The molecule has 0 radical (unpaired) electrons. The van der Waals surface area contributed by atoms with E-state index in [-0.39, 0.29) is 17.0 Å². The minimum atomic E-state index is -0.390. The Morgan fingerprint density at radius 3 is 2.12 bits per heavy atom. The van der Waals surface area contributed by atoms with Crippen molar-refractivity contribution in [2.24, 2.45) is 23.2 Å². The van der Waals surface area contributed by atoms with Gasteiger partial charge in [-0.05, 0) is 68.3 Å². The lowest BCUT2D eigenvalue weighted by Gasteiger charge is -2.55. The van der Waals surface area contributed by atoms with Gasteiger partial charge >= 0.3 is 0 Å². The molecule has 0 aliphatic heterocycles. The zero-order chi connectivity index (χ0) is 16.7. The van der Waals surface area contributed by atoms with Crippen LogP contribution in [0.25, 0.3) is 0 Å². The van der Waals surface area contributed by atoms with Crippen LogP contribution in [0.15, 0.2) is 24.3 Å². The molecule has 0 atom stereocenters. The minimum absolute atomic E-state index is 0.0930. The Hall–Kier alpha value is -1.91. The number of nitro benzene ring substituents is 1. The molecule has 4 aliphatic carbocycles. The number of nitro groups is 1. The predicted octanol–water partition coefficient (Wildman–Crippen LogP) is 3.47. The van der Waals surface area contributed by atoms with Crippen molar-refractivity contribution >= 4 is 11.6 Å². The molecule has 1 amide bonds. The first-order valence-corrected chi connectivity index (χ1v) is 9.06. The number of rotatable bonds is 5. The van der Waals surface area contributed by atoms with Gasteiger partial charge < -0.3 is 5.32 Å². The molecule has 0 aromatic heterocycles. The summed E-state index contributed by atoms with van der Waals surface area (Å²) in [5.41, 5.74) is 1.03. The van der Waals surface area contributed by atoms with E-state index in [4.69, 9.17) is 0 Å². The van der Waals surface area contributed by atoms with Crippen LogP contribution < -0.4 is 5.32 Å². The zero-order valence-electron chi connectivity index (χ0n) is 13.9. The van der Waals surface area contributed by atoms with Crippen LogP contribution in [-0.2, 0) is 11.2 Å². The van der Waals surface area contributed by atoms with Crippen LogP contribution >= 0.6 is 0 Å². The summed E-state index contributed by atoms with van der Waals surface area (Å²) < 4.78 is 0. The third-order valence-corrected chi connectivity index (χ3v) is 6.37. The van der Waals surface area contributed by atoms with Gasteiger partial charge in [0.25, 0.3) is 5.69 Å². The van der Waals surface area contributed by atoms with Gasteiger partial charge in [-0.15, -0.1) is 0 Å². The molecule has 0 heterocycles. The van der Waals surface area contributed by atoms with E-state index in [0.29, 0.717) is 6.54 Å². The molecule has 1 N–H and O–H groups in total. The van der Waals surface area contributed by atoms with E-state index in [1.54, 1.807) is 12.1 Å². The van der Waals surface area contributed by atoms with Crippen molar-refractivity contribution in [3.05, 3.63) is 39.9 Å². The van der Waals surface area contributed by atoms with Crippen molar-refractivity contribution in [3.8, 4) is 0 Å². The third kappa shape index (κ3) is 2.80. The van der Waals surface area contributed by atoms with E-state index in [1.165, 1.54) is 31.4 Å². The van der Waals surface area contributed by atoms with Gasteiger partial charge in [0.15, 0.2) is 0 Å². The predicted molar refractivity (Wildman–Crippen MR) is 90.4 cm³/mol. The first-order chi connectivity index (χ1) is 11.5. The van der Waals surface area contributed by atoms with Gasteiger partial charge in [-0.2, -0.15) is 0 Å². The van der Waals surface area contributed by atoms with E-state index < -0.39 is 4.92 Å². The van der Waals surface area contributed by atoms with E-state index in [0.717, 1.165) is 49.0 Å². The zero-order valence-corrected chi connectivity index (χ0v) is 13.9. The second-order valence-electron chi connectivity index (χ2n) is 8.13. The molecular formula is C19H24N2O3. The van der Waals surface area contributed by atoms with Gasteiger partial charge in [-0.1, -0.05) is 12.1 Å². The van der Waals surface area contributed by atoms with Crippen LogP contribution in [0, 0.1) is 33.3 Å². The van der Waals surface area contributed by atoms with Crippen LogP contribution in [0.4, 0.5) is 5.69 Å². The monoisotopic (exact) mass is 328 g/mol. The number of hydrogen-bond donors (Lipinski definition) is 1. The molecule has 4 bridgehead atoms. The molecular weight excluding hydrogens is 304 g/mol. The van der Waals surface area contributed by atoms with Gasteiger partial charge in [0.05, 0.1) is 4.92 Å². The number of nitrogens with one attached hydrogen (secondary N) is 1. The highest BCUT2D eigenvalue weighted by Gasteiger charge is 2.54. The molecule has 4 saturated carbocycles. The second kappa shape index (κ2) is 5.87. The topological polar surface area (TPSA) is 72.2 Å². The second-order valence-corrected chi connectivity index (χ2v) is 8.13. The van der Waals surface area contributed by atoms with E-state index in [1.807, 2.05) is 0 Å². The van der Waals surface area contributed by atoms with Crippen molar-refractivity contribution < 1.29 is 9.72 Å². The molecule has 4 aliphatic rings. The van der Waals surface area contributed by atoms with Gasteiger partial charge in [0.1, 0.15) is 0 Å². The molecule has 0 unspecified atom stereocenters. The van der Waals surface area contributed by atoms with Gasteiger partial charge in [-0.25, -0.2) is 0 Å². The summed E-state index contributed by atoms with van der Waals surface area (Å²) in [6, 6.07) is 6.59. The number of carbonyl (C=O) groups is 1. The highest BCUT2D eigenvalue weighted by atomic mass is 16.6. The maximum atomic E-state index is 12.8. The molecule has 1 aromatic rings. The summed E-state index contributed by atoms with van der Waals surface area (Å²) in [6.45, 7) is 0.610. The number of nitrogens with zero attached hydrogens (tertiary/aromatic N) is 1. The molecule has 0 saturated heterocycles. The molecule has 1 aromatic carbocycles. The van der Waals surface area contributed by atoms with E-state index >= 15 is 0 Å². The molecule has 5 rings (SSSR count). The first-order valence-electron chi connectivity index (χ1n) is 9.06. The van der Waals surface area contributed by atoms with Gasteiger partial charge in [0.2, 0.25) is 5.91 Å². The average molecular weight is 328 g/mol. The maximum Gasteiger partial charge on any atom is 0.269 e. The quantitative estimate of drug-likeness (QED) is 0.664. The normalized spacial score (nSPS) is 33.4. The highest BCUT2D eigenvalue weighted by molar-refractivity contribution is 5.83. The summed E-state index contributed by atoms with van der Waals surface area (Å²) >= 11 is 0. The Labute approximate surface area is 142 Å². The Kier molecular flexibility index (Phi) is 3.82. The lowest BCUT2D eigenvalue weighted by molar-refractivity contribution is -0.384. The molecule has 4 fully saturated rings. The van der Waals surface area contributed by atoms with Gasteiger partial charge in [0, 0.05) is 24.1 Å². The van der Waals surface area contributed by atoms with Gasteiger partial charge in [-0.3, -0.25) is 14.9 Å². The summed E-state index contributed by atoms with van der Waals surface area (Å²) in [5.74, 6) is 2.58. The molecule has 0 spiro atoms. The highest BCUT2D eigenvalue weighted by Crippen LogP contribution is 2.60. The molecule has 24 heavy (non-hydrogen) atoms. The fraction of sp³-hybridized carbons (Fsp3) is 0.632. The number of hydrogen-bond acceptors (Lipinski definition) is 3. The number of carbonyl (C=O) groups excluding carboxylic acids is 1. The fourth-order valence-corrected chi connectivity index (χ4v) is 5.68. The maximum absolute atomic E-state index is 12.8. The summed E-state index contributed by atoms with van der Waals surface area (Å²) in [5, 5.41) is 13.8. The standard InChI is InChI=1S/C19H24N2O3/c22-18(19-10-14-7-15(11-19)9-16(8-14)12-19)20-6-5-13-1-3-17(4-2-13)21(23)24/h1-4,14-16H,5-12H2,(H,20,22). The van der Waals surface area contributed by atoms with Crippen LogP contribution in [0.3, 0.4) is 0 Å². The van der Waals surface area contributed by atoms with Crippen LogP contribution in [0.1, 0.15) is 44.1 Å². The van der Waals surface area contributed by atoms with E-state index in [2.05, 4.69) is 5.32 Å². The smallest absolute Gasteiger partial charge is 0.269 e. The summed E-state index contributed by atoms with van der Waals surface area (Å²) in [6.07, 6.45) is 8.00. The third-order valence-electron chi connectivity index (χ3n) is 6.37. The van der Waals surface area contributed by atoms with Crippen LogP contribution in [0.5, 0.6) is 0 Å². The Balaban J connectivity index is 1.33. The number of non-ortho nitro benzene ring substituents is 1.